The van der Waals surface area contributed by atoms with Crippen LogP contribution >= 0.6 is 11.3 Å². The molecule has 0 aliphatic carbocycles. The van der Waals surface area contributed by atoms with Gasteiger partial charge in [0, 0.05) is 5.56 Å². The Labute approximate surface area is 93.8 Å². The van der Waals surface area contributed by atoms with E-state index in [-0.39, 0.29) is 0 Å². The summed E-state index contributed by atoms with van der Waals surface area (Å²) in [4.78, 5) is 4.48. The first-order chi connectivity index (χ1) is 7.22. The fourth-order valence-electron chi connectivity index (χ4n) is 1.70. The Kier molecular flexibility index (Phi) is 2.73. The van der Waals surface area contributed by atoms with Gasteiger partial charge in [0.1, 0.15) is 10.7 Å². The van der Waals surface area contributed by atoms with E-state index in [1.165, 1.54) is 11.1 Å². The van der Waals surface area contributed by atoms with E-state index in [0.29, 0.717) is 0 Å². The summed E-state index contributed by atoms with van der Waals surface area (Å²) in [6, 6.07) is 8.30. The minimum atomic E-state index is 0.813. The van der Waals surface area contributed by atoms with Gasteiger partial charge in [-0.2, -0.15) is 0 Å². The lowest BCUT2D eigenvalue weighted by molar-refractivity contribution is 1.14. The van der Waals surface area contributed by atoms with Crippen LogP contribution in [0.3, 0.4) is 0 Å². The van der Waals surface area contributed by atoms with Crippen molar-refractivity contribution in [3.8, 4) is 11.3 Å². The molecule has 0 fully saturated rings. The topological polar surface area (TPSA) is 38.9 Å². The molecule has 2 rings (SSSR count). The molecule has 0 saturated heterocycles. The molecule has 2 N–H and O–H groups in total. The summed E-state index contributed by atoms with van der Waals surface area (Å²) in [7, 11) is 0. The maximum absolute atomic E-state index is 5.95. The zero-order valence-electron chi connectivity index (χ0n) is 8.95. The van der Waals surface area contributed by atoms with E-state index in [2.05, 4.69) is 30.1 Å². The summed E-state index contributed by atoms with van der Waals surface area (Å²) >= 11 is 1.55. The summed E-state index contributed by atoms with van der Waals surface area (Å²) in [6.07, 6.45) is 1.01. The molecule has 0 aliphatic rings. The van der Waals surface area contributed by atoms with Crippen molar-refractivity contribution in [3.63, 3.8) is 0 Å². The minimum Gasteiger partial charge on any atom is -0.389 e. The minimum absolute atomic E-state index is 0.813. The molecule has 1 aromatic carbocycles. The molecule has 0 unspecified atom stereocenters. The third kappa shape index (κ3) is 1.88. The van der Waals surface area contributed by atoms with Gasteiger partial charge in [-0.15, -0.1) is 11.3 Å². The summed E-state index contributed by atoms with van der Waals surface area (Å²) in [5.74, 6) is 0. The SMILES string of the molecule is CCc1ccccc1-c1nc(C)sc1N. The first-order valence-corrected chi connectivity index (χ1v) is 5.85. The highest BCUT2D eigenvalue weighted by Gasteiger charge is 2.10. The molecule has 2 aromatic rings. The zero-order valence-corrected chi connectivity index (χ0v) is 9.77. The fourth-order valence-corrected chi connectivity index (χ4v) is 2.40. The van der Waals surface area contributed by atoms with E-state index in [0.717, 1.165) is 22.1 Å². The molecule has 78 valence electrons. The largest absolute Gasteiger partial charge is 0.389 e. The lowest BCUT2D eigenvalue weighted by atomic mass is 10.0. The van der Waals surface area contributed by atoms with Crippen LogP contribution in [0, 0.1) is 6.92 Å². The van der Waals surface area contributed by atoms with Crippen LogP contribution in [0.5, 0.6) is 0 Å². The number of aromatic nitrogens is 1. The Balaban J connectivity index is 2.58. The lowest BCUT2D eigenvalue weighted by Gasteiger charge is -2.05. The predicted molar refractivity (Wildman–Crippen MR) is 66.1 cm³/mol. The summed E-state index contributed by atoms with van der Waals surface area (Å²) in [6.45, 7) is 4.13. The summed E-state index contributed by atoms with van der Waals surface area (Å²) in [5.41, 5.74) is 9.36. The number of thiazole rings is 1. The zero-order chi connectivity index (χ0) is 10.8. The van der Waals surface area contributed by atoms with Crippen molar-refractivity contribution >= 4 is 16.3 Å². The number of rotatable bonds is 2. The quantitative estimate of drug-likeness (QED) is 0.840. The molecule has 0 atom stereocenters. The second kappa shape index (κ2) is 4.03. The highest BCUT2D eigenvalue weighted by Crippen LogP contribution is 2.32. The Morgan fingerprint density at radius 1 is 1.33 bits per heavy atom. The molecule has 1 aromatic heterocycles. The Hall–Kier alpha value is -1.35. The Morgan fingerprint density at radius 2 is 2.07 bits per heavy atom. The number of hydrogen-bond donors (Lipinski definition) is 1. The van der Waals surface area contributed by atoms with E-state index in [1.54, 1.807) is 11.3 Å². The molecule has 0 amide bonds. The number of nitrogen functional groups attached to an aromatic ring is 1. The molecule has 15 heavy (non-hydrogen) atoms. The van der Waals surface area contributed by atoms with Crippen LogP contribution in [0.25, 0.3) is 11.3 Å². The van der Waals surface area contributed by atoms with E-state index in [4.69, 9.17) is 5.73 Å². The monoisotopic (exact) mass is 218 g/mol. The predicted octanol–water partition coefficient (Wildman–Crippen LogP) is 3.26. The van der Waals surface area contributed by atoms with Crippen LogP contribution in [0.15, 0.2) is 24.3 Å². The third-order valence-electron chi connectivity index (χ3n) is 2.41. The van der Waals surface area contributed by atoms with E-state index in [9.17, 15) is 0 Å². The highest BCUT2D eigenvalue weighted by molar-refractivity contribution is 7.16. The van der Waals surface area contributed by atoms with Crippen molar-refractivity contribution in [2.24, 2.45) is 0 Å². The molecule has 0 radical (unpaired) electrons. The number of nitrogens with two attached hydrogens (primary N) is 1. The van der Waals surface area contributed by atoms with Crippen molar-refractivity contribution in [2.75, 3.05) is 5.73 Å². The Morgan fingerprint density at radius 3 is 2.67 bits per heavy atom. The number of hydrogen-bond acceptors (Lipinski definition) is 3. The van der Waals surface area contributed by atoms with Crippen LogP contribution in [0.2, 0.25) is 0 Å². The van der Waals surface area contributed by atoms with E-state index >= 15 is 0 Å². The molecule has 0 bridgehead atoms. The first-order valence-electron chi connectivity index (χ1n) is 5.03. The van der Waals surface area contributed by atoms with Crippen molar-refractivity contribution in [1.29, 1.82) is 0 Å². The second-order valence-electron chi connectivity index (χ2n) is 3.46. The van der Waals surface area contributed by atoms with Gasteiger partial charge < -0.3 is 5.73 Å². The van der Waals surface area contributed by atoms with Gasteiger partial charge in [0.15, 0.2) is 0 Å². The molecule has 0 saturated carbocycles. The standard InChI is InChI=1S/C12H14N2S/c1-3-9-6-4-5-7-10(9)11-12(13)15-8(2)14-11/h4-7H,3,13H2,1-2H3. The van der Waals surface area contributed by atoms with Crippen LogP contribution in [0.1, 0.15) is 17.5 Å². The number of aryl methyl sites for hydroxylation is 2. The van der Waals surface area contributed by atoms with E-state index in [1.807, 2.05) is 13.0 Å². The summed E-state index contributed by atoms with van der Waals surface area (Å²) < 4.78 is 0. The van der Waals surface area contributed by atoms with Gasteiger partial charge >= 0.3 is 0 Å². The van der Waals surface area contributed by atoms with Gasteiger partial charge in [0.2, 0.25) is 0 Å². The maximum Gasteiger partial charge on any atom is 0.114 e. The molecule has 0 aliphatic heterocycles. The second-order valence-corrected chi connectivity index (χ2v) is 4.69. The fraction of sp³-hybridized carbons (Fsp3) is 0.250. The highest BCUT2D eigenvalue weighted by atomic mass is 32.1. The van der Waals surface area contributed by atoms with Gasteiger partial charge in [-0.05, 0) is 18.9 Å². The molecule has 3 heteroatoms. The normalized spacial score (nSPS) is 10.5. The molecule has 1 heterocycles. The average molecular weight is 218 g/mol. The molecular weight excluding hydrogens is 204 g/mol. The van der Waals surface area contributed by atoms with Crippen LogP contribution < -0.4 is 5.73 Å². The van der Waals surface area contributed by atoms with Gasteiger partial charge in [0.25, 0.3) is 0 Å². The van der Waals surface area contributed by atoms with Crippen molar-refractivity contribution in [3.05, 3.63) is 34.8 Å². The molecule has 0 spiro atoms. The van der Waals surface area contributed by atoms with Gasteiger partial charge in [-0.25, -0.2) is 4.98 Å². The molecular formula is C12H14N2S. The first kappa shape index (κ1) is 10.2. The number of anilines is 1. The van der Waals surface area contributed by atoms with Crippen molar-refractivity contribution in [2.45, 2.75) is 20.3 Å². The van der Waals surface area contributed by atoms with Crippen LogP contribution in [-0.2, 0) is 6.42 Å². The third-order valence-corrected chi connectivity index (χ3v) is 3.21. The van der Waals surface area contributed by atoms with Crippen molar-refractivity contribution in [1.82, 2.24) is 4.98 Å². The maximum atomic E-state index is 5.95. The number of nitrogens with zero attached hydrogens (tertiary/aromatic N) is 1. The van der Waals surface area contributed by atoms with E-state index < -0.39 is 0 Å². The van der Waals surface area contributed by atoms with Crippen LogP contribution in [-0.4, -0.2) is 4.98 Å². The average Bonchev–Trinajstić information content (AvgIpc) is 2.57. The summed E-state index contributed by atoms with van der Waals surface area (Å²) in [5, 5.41) is 1.84. The Bertz CT molecular complexity index is 474. The lowest BCUT2D eigenvalue weighted by Crippen LogP contribution is -1.91. The molecule has 2 nitrogen and oxygen atoms in total. The van der Waals surface area contributed by atoms with Gasteiger partial charge in [-0.1, -0.05) is 31.2 Å². The smallest absolute Gasteiger partial charge is 0.114 e. The number of benzene rings is 1. The van der Waals surface area contributed by atoms with Gasteiger partial charge in [0.05, 0.1) is 5.01 Å². The van der Waals surface area contributed by atoms with Crippen molar-refractivity contribution < 1.29 is 0 Å². The van der Waals surface area contributed by atoms with Crippen LogP contribution in [0.4, 0.5) is 5.00 Å². The van der Waals surface area contributed by atoms with Gasteiger partial charge in [-0.3, -0.25) is 0 Å².